The number of benzene rings is 1. The molecule has 1 atom stereocenters. The van der Waals surface area contributed by atoms with Crippen LogP contribution in [0.5, 0.6) is 11.5 Å². The molecule has 3 heteroatoms. The van der Waals surface area contributed by atoms with Crippen molar-refractivity contribution >= 4 is 12.6 Å². The molecule has 0 N–H and O–H groups in total. The molecule has 14 heavy (non-hydrogen) atoms. The van der Waals surface area contributed by atoms with Crippen molar-refractivity contribution in [2.75, 3.05) is 7.11 Å². The molecule has 1 aromatic rings. The van der Waals surface area contributed by atoms with Crippen molar-refractivity contribution in [1.29, 1.82) is 0 Å². The normalized spacial score (nSPS) is 18.9. The summed E-state index contributed by atoms with van der Waals surface area (Å²) in [4.78, 5) is 0. The van der Waals surface area contributed by atoms with Gasteiger partial charge < -0.3 is 9.47 Å². The molecule has 1 aliphatic rings. The zero-order valence-corrected chi connectivity index (χ0v) is 9.30. The number of thiol groups is 1. The number of rotatable bonds is 2. The lowest BCUT2D eigenvalue weighted by Crippen LogP contribution is -2.05. The maximum absolute atomic E-state index is 5.66. The van der Waals surface area contributed by atoms with Crippen LogP contribution in [0.3, 0.4) is 0 Å². The van der Waals surface area contributed by atoms with Gasteiger partial charge in [0.2, 0.25) is 0 Å². The summed E-state index contributed by atoms with van der Waals surface area (Å²) < 4.78 is 11.0. The van der Waals surface area contributed by atoms with Crippen LogP contribution in [0.1, 0.15) is 18.1 Å². The summed E-state index contributed by atoms with van der Waals surface area (Å²) in [6.45, 7) is 2.08. The van der Waals surface area contributed by atoms with Gasteiger partial charge in [0, 0.05) is 23.3 Å². The summed E-state index contributed by atoms with van der Waals surface area (Å²) in [5.74, 6) is 2.58. The van der Waals surface area contributed by atoms with Gasteiger partial charge in [-0.1, -0.05) is 0 Å². The molecule has 0 aromatic heterocycles. The molecule has 0 fully saturated rings. The summed E-state index contributed by atoms with van der Waals surface area (Å²) in [6.07, 6.45) is 1.25. The van der Waals surface area contributed by atoms with Crippen molar-refractivity contribution in [3.8, 4) is 11.5 Å². The number of hydrogen-bond acceptors (Lipinski definition) is 3. The van der Waals surface area contributed by atoms with E-state index < -0.39 is 0 Å². The molecule has 0 saturated heterocycles. The van der Waals surface area contributed by atoms with Gasteiger partial charge in [0.05, 0.1) is 7.11 Å². The first kappa shape index (κ1) is 9.71. The summed E-state index contributed by atoms with van der Waals surface area (Å²) in [5, 5.41) is 0. The first-order chi connectivity index (χ1) is 6.74. The van der Waals surface area contributed by atoms with Gasteiger partial charge in [0.1, 0.15) is 17.6 Å². The summed E-state index contributed by atoms with van der Waals surface area (Å²) in [7, 11) is 1.69. The van der Waals surface area contributed by atoms with E-state index in [1.807, 2.05) is 6.07 Å². The van der Waals surface area contributed by atoms with E-state index in [-0.39, 0.29) is 6.10 Å². The average Bonchev–Trinajstić information content (AvgIpc) is 2.54. The molecule has 0 spiro atoms. The highest BCUT2D eigenvalue weighted by atomic mass is 32.1. The predicted molar refractivity (Wildman–Crippen MR) is 59.5 cm³/mol. The van der Waals surface area contributed by atoms with Crippen LogP contribution in [0.25, 0.3) is 0 Å². The minimum absolute atomic E-state index is 0.282. The predicted octanol–water partition coefficient (Wildman–Crippen LogP) is 2.45. The van der Waals surface area contributed by atoms with Gasteiger partial charge in [0.25, 0.3) is 0 Å². The van der Waals surface area contributed by atoms with Crippen LogP contribution < -0.4 is 9.47 Å². The molecule has 0 saturated carbocycles. The number of fused-ring (bicyclic) bond motifs is 1. The summed E-state index contributed by atoms with van der Waals surface area (Å²) in [5.41, 5.74) is 2.32. The quantitative estimate of drug-likeness (QED) is 0.756. The van der Waals surface area contributed by atoms with Crippen molar-refractivity contribution in [3.05, 3.63) is 23.3 Å². The molecule has 1 unspecified atom stereocenters. The third-order valence-corrected chi connectivity index (χ3v) is 2.81. The van der Waals surface area contributed by atoms with Gasteiger partial charge in [-0.3, -0.25) is 0 Å². The molecule has 0 bridgehead atoms. The third-order valence-electron chi connectivity index (χ3n) is 2.47. The second-order valence-electron chi connectivity index (χ2n) is 3.56. The van der Waals surface area contributed by atoms with Gasteiger partial charge in [0.15, 0.2) is 0 Å². The number of ether oxygens (including phenoxy) is 2. The zero-order valence-electron chi connectivity index (χ0n) is 8.41. The maximum Gasteiger partial charge on any atom is 0.123 e. The average molecular weight is 210 g/mol. The molecule has 0 aliphatic carbocycles. The Hall–Kier alpha value is -0.830. The summed E-state index contributed by atoms with van der Waals surface area (Å²) in [6, 6.07) is 4.09. The van der Waals surface area contributed by atoms with E-state index in [4.69, 9.17) is 9.47 Å². The smallest absolute Gasteiger partial charge is 0.123 e. The number of hydrogen-bond donors (Lipinski definition) is 1. The van der Waals surface area contributed by atoms with Crippen LogP contribution in [0.4, 0.5) is 0 Å². The lowest BCUT2D eigenvalue weighted by atomic mass is 10.1. The van der Waals surface area contributed by atoms with Crippen LogP contribution in [0, 0.1) is 0 Å². The summed E-state index contributed by atoms with van der Waals surface area (Å²) >= 11 is 4.26. The Balaban J connectivity index is 2.43. The SMILES string of the molecule is COc1cc2c(cc1CS)OC(C)C2. The number of methoxy groups -OCH3 is 1. The fourth-order valence-electron chi connectivity index (χ4n) is 1.80. The Bertz CT molecular complexity index is 316. The molecule has 1 aromatic carbocycles. The largest absolute Gasteiger partial charge is 0.496 e. The first-order valence-electron chi connectivity index (χ1n) is 4.72. The van der Waals surface area contributed by atoms with Gasteiger partial charge in [-0.2, -0.15) is 12.6 Å². The molecule has 1 aliphatic heterocycles. The lowest BCUT2D eigenvalue weighted by molar-refractivity contribution is 0.254. The van der Waals surface area contributed by atoms with Crippen molar-refractivity contribution in [2.45, 2.75) is 25.2 Å². The van der Waals surface area contributed by atoms with E-state index >= 15 is 0 Å². The van der Waals surface area contributed by atoms with E-state index in [0.717, 1.165) is 23.5 Å². The van der Waals surface area contributed by atoms with Gasteiger partial charge >= 0.3 is 0 Å². The van der Waals surface area contributed by atoms with E-state index in [2.05, 4.69) is 25.6 Å². The van der Waals surface area contributed by atoms with E-state index in [1.165, 1.54) is 5.56 Å². The van der Waals surface area contributed by atoms with Crippen molar-refractivity contribution in [1.82, 2.24) is 0 Å². The molecule has 76 valence electrons. The second-order valence-corrected chi connectivity index (χ2v) is 3.88. The zero-order chi connectivity index (χ0) is 10.1. The Morgan fingerprint density at radius 3 is 3.00 bits per heavy atom. The molecular formula is C11H14O2S. The third kappa shape index (κ3) is 1.57. The van der Waals surface area contributed by atoms with Gasteiger partial charge in [-0.25, -0.2) is 0 Å². The van der Waals surface area contributed by atoms with E-state index in [1.54, 1.807) is 7.11 Å². The minimum atomic E-state index is 0.282. The molecule has 1 heterocycles. The van der Waals surface area contributed by atoms with Crippen LogP contribution in [0.15, 0.2) is 12.1 Å². The van der Waals surface area contributed by atoms with Crippen molar-refractivity contribution in [3.63, 3.8) is 0 Å². The Kier molecular flexibility index (Phi) is 2.59. The molecule has 2 nitrogen and oxygen atoms in total. The minimum Gasteiger partial charge on any atom is -0.496 e. The van der Waals surface area contributed by atoms with Crippen molar-refractivity contribution < 1.29 is 9.47 Å². The second kappa shape index (κ2) is 3.73. The molecule has 0 radical (unpaired) electrons. The maximum atomic E-state index is 5.66. The van der Waals surface area contributed by atoms with Crippen molar-refractivity contribution in [2.24, 2.45) is 0 Å². The topological polar surface area (TPSA) is 18.5 Å². The Morgan fingerprint density at radius 2 is 2.36 bits per heavy atom. The lowest BCUT2D eigenvalue weighted by Gasteiger charge is -2.08. The fraction of sp³-hybridized carbons (Fsp3) is 0.455. The molecule has 2 rings (SSSR count). The molecule has 0 amide bonds. The fourth-order valence-corrected chi connectivity index (χ4v) is 2.04. The Labute approximate surface area is 89.6 Å². The van der Waals surface area contributed by atoms with Crippen LogP contribution in [-0.4, -0.2) is 13.2 Å². The van der Waals surface area contributed by atoms with Crippen LogP contribution in [-0.2, 0) is 12.2 Å². The molecular weight excluding hydrogens is 196 g/mol. The van der Waals surface area contributed by atoms with E-state index in [9.17, 15) is 0 Å². The highest BCUT2D eigenvalue weighted by Gasteiger charge is 2.21. The Morgan fingerprint density at radius 1 is 1.57 bits per heavy atom. The first-order valence-corrected chi connectivity index (χ1v) is 5.35. The van der Waals surface area contributed by atoms with E-state index in [0.29, 0.717) is 5.75 Å². The highest BCUT2D eigenvalue weighted by molar-refractivity contribution is 7.79. The van der Waals surface area contributed by atoms with Crippen LogP contribution >= 0.6 is 12.6 Å². The standard InChI is InChI=1S/C11H14O2S/c1-7-3-8-4-10(12-2)9(6-14)5-11(8)13-7/h4-5,7,14H,3,6H2,1-2H3. The van der Waals surface area contributed by atoms with Crippen LogP contribution in [0.2, 0.25) is 0 Å². The highest BCUT2D eigenvalue weighted by Crippen LogP contribution is 2.35. The van der Waals surface area contributed by atoms with Gasteiger partial charge in [-0.05, 0) is 19.1 Å². The van der Waals surface area contributed by atoms with Gasteiger partial charge in [-0.15, -0.1) is 0 Å². The monoisotopic (exact) mass is 210 g/mol.